The summed E-state index contributed by atoms with van der Waals surface area (Å²) < 4.78 is 5.30. The second-order valence-corrected chi connectivity index (χ2v) is 7.13. The molecular formula is C20H33IN4O. The minimum atomic E-state index is 0. The molecule has 1 atom stereocenters. The lowest BCUT2D eigenvalue weighted by atomic mass is 10.1. The quantitative estimate of drug-likeness (QED) is 0.404. The molecule has 0 aliphatic carbocycles. The van der Waals surface area contributed by atoms with Gasteiger partial charge in [-0.2, -0.15) is 0 Å². The average molecular weight is 472 g/mol. The molecule has 0 saturated carbocycles. The third-order valence-corrected chi connectivity index (χ3v) is 5.44. The van der Waals surface area contributed by atoms with Crippen LogP contribution in [0.5, 0.6) is 5.75 Å². The van der Waals surface area contributed by atoms with Gasteiger partial charge in [-0.1, -0.05) is 25.0 Å². The van der Waals surface area contributed by atoms with Gasteiger partial charge in [-0.3, -0.25) is 9.89 Å². The topological polar surface area (TPSA) is 54.1 Å². The summed E-state index contributed by atoms with van der Waals surface area (Å²) in [5.41, 5.74) is 7.63. The lowest BCUT2D eigenvalue weighted by Crippen LogP contribution is -2.39. The first-order valence-corrected chi connectivity index (χ1v) is 9.71. The summed E-state index contributed by atoms with van der Waals surface area (Å²) in [4.78, 5) is 9.61. The lowest BCUT2D eigenvalue weighted by Gasteiger charge is -2.28. The van der Waals surface area contributed by atoms with Crippen molar-refractivity contribution in [2.24, 2.45) is 10.7 Å². The van der Waals surface area contributed by atoms with Gasteiger partial charge in [0.15, 0.2) is 5.96 Å². The van der Waals surface area contributed by atoms with Crippen molar-refractivity contribution in [3.05, 3.63) is 29.8 Å². The highest BCUT2D eigenvalue weighted by atomic mass is 127. The van der Waals surface area contributed by atoms with Crippen LogP contribution < -0.4 is 10.5 Å². The van der Waals surface area contributed by atoms with Crippen LogP contribution in [0.1, 0.15) is 50.1 Å². The predicted octanol–water partition coefficient (Wildman–Crippen LogP) is 3.64. The molecular weight excluding hydrogens is 439 g/mol. The number of halogens is 1. The fourth-order valence-electron chi connectivity index (χ4n) is 3.89. The van der Waals surface area contributed by atoms with E-state index in [2.05, 4.69) is 21.9 Å². The van der Waals surface area contributed by atoms with E-state index in [1.54, 1.807) is 7.11 Å². The molecule has 0 aromatic heterocycles. The van der Waals surface area contributed by atoms with Crippen molar-refractivity contribution >= 4 is 29.9 Å². The molecule has 2 saturated heterocycles. The molecule has 2 fully saturated rings. The Hall–Kier alpha value is -1.02. The number of ether oxygens (including phenoxy) is 1. The van der Waals surface area contributed by atoms with Gasteiger partial charge in [-0.05, 0) is 56.5 Å². The van der Waals surface area contributed by atoms with Crippen molar-refractivity contribution in [3.8, 4) is 5.75 Å². The molecule has 2 N–H and O–H groups in total. The average Bonchev–Trinajstić information content (AvgIpc) is 3.03. The third-order valence-electron chi connectivity index (χ3n) is 5.44. The van der Waals surface area contributed by atoms with Crippen LogP contribution >= 0.6 is 24.0 Å². The number of likely N-dealkylation sites (tertiary alicyclic amines) is 2. The standard InChI is InChI=1S/C20H32N4O.HI/c1-25-18-10-8-17(9-11-18)19(23-12-6-7-13-23)16-22-20(21)24-14-4-2-3-5-15-24;/h8-11,19H,2-7,12-16H2,1H3,(H2,21,22);1H. The number of nitrogens with zero attached hydrogens (tertiary/aromatic N) is 3. The van der Waals surface area contributed by atoms with Crippen LogP contribution in [-0.4, -0.2) is 55.6 Å². The largest absolute Gasteiger partial charge is 0.497 e. The second kappa shape index (κ2) is 11.0. The Kier molecular flexibility index (Phi) is 8.98. The maximum absolute atomic E-state index is 6.33. The van der Waals surface area contributed by atoms with Gasteiger partial charge in [0.2, 0.25) is 0 Å². The van der Waals surface area contributed by atoms with Crippen LogP contribution in [0.15, 0.2) is 29.3 Å². The molecule has 6 heteroatoms. The highest BCUT2D eigenvalue weighted by Crippen LogP contribution is 2.27. The Bertz CT molecular complexity index is 549. The first kappa shape index (κ1) is 21.3. The number of rotatable bonds is 5. The molecule has 0 spiro atoms. The zero-order chi connectivity index (χ0) is 17.5. The summed E-state index contributed by atoms with van der Waals surface area (Å²) in [6.07, 6.45) is 7.63. The van der Waals surface area contributed by atoms with Gasteiger partial charge in [0.1, 0.15) is 5.75 Å². The molecule has 1 unspecified atom stereocenters. The molecule has 2 heterocycles. The van der Waals surface area contributed by atoms with Gasteiger partial charge in [0.05, 0.1) is 19.7 Å². The number of benzene rings is 1. The van der Waals surface area contributed by atoms with E-state index in [0.717, 1.165) is 44.4 Å². The number of hydrogen-bond acceptors (Lipinski definition) is 3. The fraction of sp³-hybridized carbons (Fsp3) is 0.650. The molecule has 3 rings (SSSR count). The minimum Gasteiger partial charge on any atom is -0.497 e. The van der Waals surface area contributed by atoms with E-state index in [-0.39, 0.29) is 24.0 Å². The first-order valence-electron chi connectivity index (χ1n) is 9.71. The van der Waals surface area contributed by atoms with E-state index in [9.17, 15) is 0 Å². The highest BCUT2D eigenvalue weighted by Gasteiger charge is 2.23. The fourth-order valence-corrected chi connectivity index (χ4v) is 3.89. The summed E-state index contributed by atoms with van der Waals surface area (Å²) in [7, 11) is 1.71. The molecule has 0 bridgehead atoms. The summed E-state index contributed by atoms with van der Waals surface area (Å²) in [6.45, 7) is 5.12. The summed E-state index contributed by atoms with van der Waals surface area (Å²) in [5, 5.41) is 0. The van der Waals surface area contributed by atoms with Crippen molar-refractivity contribution in [2.45, 2.75) is 44.6 Å². The SMILES string of the molecule is COc1ccc(C(CN=C(N)N2CCCCCC2)N2CCCC2)cc1.I. The Balaban J connectivity index is 0.00000243. The van der Waals surface area contributed by atoms with Gasteiger partial charge in [-0.25, -0.2) is 0 Å². The Morgan fingerprint density at radius 3 is 2.15 bits per heavy atom. The summed E-state index contributed by atoms with van der Waals surface area (Å²) in [5.74, 6) is 1.62. The van der Waals surface area contributed by atoms with Crippen molar-refractivity contribution < 1.29 is 4.74 Å². The van der Waals surface area contributed by atoms with E-state index in [0.29, 0.717) is 6.04 Å². The Morgan fingerprint density at radius 2 is 1.58 bits per heavy atom. The van der Waals surface area contributed by atoms with Crippen LogP contribution in [0.4, 0.5) is 0 Å². The molecule has 0 amide bonds. The second-order valence-electron chi connectivity index (χ2n) is 7.13. The number of aliphatic imine (C=N–C) groups is 1. The van der Waals surface area contributed by atoms with Crippen LogP contribution in [0.3, 0.4) is 0 Å². The summed E-state index contributed by atoms with van der Waals surface area (Å²) >= 11 is 0. The predicted molar refractivity (Wildman–Crippen MR) is 118 cm³/mol. The van der Waals surface area contributed by atoms with E-state index in [1.165, 1.54) is 44.1 Å². The Labute approximate surface area is 175 Å². The van der Waals surface area contributed by atoms with E-state index >= 15 is 0 Å². The lowest BCUT2D eigenvalue weighted by molar-refractivity contribution is 0.251. The van der Waals surface area contributed by atoms with Crippen molar-refractivity contribution in [1.29, 1.82) is 0 Å². The monoisotopic (exact) mass is 472 g/mol. The van der Waals surface area contributed by atoms with Crippen molar-refractivity contribution in [1.82, 2.24) is 9.80 Å². The van der Waals surface area contributed by atoms with Gasteiger partial charge < -0.3 is 15.4 Å². The Morgan fingerprint density at radius 1 is 1.00 bits per heavy atom. The number of guanidine groups is 1. The molecule has 2 aliphatic heterocycles. The summed E-state index contributed by atoms with van der Waals surface area (Å²) in [6, 6.07) is 8.72. The zero-order valence-electron chi connectivity index (χ0n) is 15.9. The van der Waals surface area contributed by atoms with Crippen LogP contribution in [0.2, 0.25) is 0 Å². The van der Waals surface area contributed by atoms with E-state index in [4.69, 9.17) is 15.5 Å². The van der Waals surface area contributed by atoms with Gasteiger partial charge in [0, 0.05) is 13.1 Å². The van der Waals surface area contributed by atoms with Crippen molar-refractivity contribution in [3.63, 3.8) is 0 Å². The van der Waals surface area contributed by atoms with Gasteiger partial charge in [-0.15, -0.1) is 24.0 Å². The molecule has 2 aliphatic rings. The van der Waals surface area contributed by atoms with E-state index in [1.807, 2.05) is 12.1 Å². The maximum Gasteiger partial charge on any atom is 0.191 e. The molecule has 26 heavy (non-hydrogen) atoms. The molecule has 0 radical (unpaired) electrons. The molecule has 1 aromatic rings. The minimum absolute atomic E-state index is 0. The van der Waals surface area contributed by atoms with Crippen molar-refractivity contribution in [2.75, 3.05) is 39.8 Å². The normalized spacial score (nSPS) is 20.3. The number of hydrogen-bond donors (Lipinski definition) is 1. The highest BCUT2D eigenvalue weighted by molar-refractivity contribution is 14.0. The number of nitrogens with two attached hydrogens (primary N) is 1. The van der Waals surface area contributed by atoms with Crippen LogP contribution in [-0.2, 0) is 0 Å². The maximum atomic E-state index is 6.33. The zero-order valence-corrected chi connectivity index (χ0v) is 18.2. The molecule has 1 aromatic carbocycles. The smallest absolute Gasteiger partial charge is 0.191 e. The number of methoxy groups -OCH3 is 1. The van der Waals surface area contributed by atoms with Gasteiger partial charge >= 0.3 is 0 Å². The third kappa shape index (κ3) is 5.74. The molecule has 5 nitrogen and oxygen atoms in total. The van der Waals surface area contributed by atoms with Gasteiger partial charge in [0.25, 0.3) is 0 Å². The first-order chi connectivity index (χ1) is 12.3. The van der Waals surface area contributed by atoms with Crippen LogP contribution in [0.25, 0.3) is 0 Å². The molecule has 146 valence electrons. The van der Waals surface area contributed by atoms with Crippen LogP contribution in [0, 0.1) is 0 Å². The van der Waals surface area contributed by atoms with E-state index < -0.39 is 0 Å².